The van der Waals surface area contributed by atoms with Crippen molar-refractivity contribution in [2.75, 3.05) is 6.54 Å². The highest BCUT2D eigenvalue weighted by molar-refractivity contribution is 7.11. The number of amides is 2. The Morgan fingerprint density at radius 1 is 1.39 bits per heavy atom. The van der Waals surface area contributed by atoms with Gasteiger partial charge in [-0.25, -0.2) is 4.79 Å². The lowest BCUT2D eigenvalue weighted by Gasteiger charge is -2.22. The number of aryl methyl sites for hydroxylation is 1. The molecule has 2 amide bonds. The SMILES string of the molecule is Cc1ccc(CNC(=O)NCC2(O)CCCC2)s1. The van der Waals surface area contributed by atoms with E-state index in [1.807, 2.05) is 19.1 Å². The molecule has 5 heteroatoms. The number of urea groups is 1. The third-order valence-corrected chi connectivity index (χ3v) is 4.33. The van der Waals surface area contributed by atoms with E-state index >= 15 is 0 Å². The smallest absolute Gasteiger partial charge is 0.315 e. The zero-order valence-electron chi connectivity index (χ0n) is 10.7. The highest BCUT2D eigenvalue weighted by Crippen LogP contribution is 2.28. The molecule has 18 heavy (non-hydrogen) atoms. The number of carbonyl (C=O) groups is 1. The lowest BCUT2D eigenvalue weighted by Crippen LogP contribution is -2.44. The van der Waals surface area contributed by atoms with Crippen molar-refractivity contribution in [2.45, 2.75) is 44.8 Å². The Kier molecular flexibility index (Phi) is 4.24. The first-order chi connectivity index (χ1) is 8.57. The number of carbonyl (C=O) groups excluding carboxylic acids is 1. The van der Waals surface area contributed by atoms with Crippen LogP contribution in [0.2, 0.25) is 0 Å². The number of hydrogen-bond acceptors (Lipinski definition) is 3. The lowest BCUT2D eigenvalue weighted by molar-refractivity contribution is 0.0501. The predicted octanol–water partition coefficient (Wildman–Crippen LogP) is 2.16. The maximum atomic E-state index is 11.6. The summed E-state index contributed by atoms with van der Waals surface area (Å²) in [7, 11) is 0. The van der Waals surface area contributed by atoms with Crippen LogP contribution in [0.5, 0.6) is 0 Å². The van der Waals surface area contributed by atoms with Crippen molar-refractivity contribution < 1.29 is 9.90 Å². The van der Waals surface area contributed by atoms with E-state index in [0.29, 0.717) is 13.1 Å². The summed E-state index contributed by atoms with van der Waals surface area (Å²) in [4.78, 5) is 14.0. The van der Waals surface area contributed by atoms with Crippen LogP contribution in [0, 0.1) is 6.92 Å². The minimum Gasteiger partial charge on any atom is -0.388 e. The second-order valence-corrected chi connectivity index (χ2v) is 6.35. The molecule has 0 bridgehead atoms. The monoisotopic (exact) mass is 268 g/mol. The van der Waals surface area contributed by atoms with Crippen molar-refractivity contribution in [1.82, 2.24) is 10.6 Å². The molecule has 1 aromatic rings. The summed E-state index contributed by atoms with van der Waals surface area (Å²) in [6, 6.07) is 3.85. The summed E-state index contributed by atoms with van der Waals surface area (Å²) < 4.78 is 0. The fraction of sp³-hybridized carbons (Fsp3) is 0.615. The summed E-state index contributed by atoms with van der Waals surface area (Å²) in [5.74, 6) is 0. The van der Waals surface area contributed by atoms with Gasteiger partial charge in [-0.05, 0) is 31.9 Å². The topological polar surface area (TPSA) is 61.4 Å². The molecule has 0 spiro atoms. The molecule has 0 saturated heterocycles. The van der Waals surface area contributed by atoms with Gasteiger partial charge in [0.05, 0.1) is 12.1 Å². The maximum Gasteiger partial charge on any atom is 0.315 e. The van der Waals surface area contributed by atoms with Crippen LogP contribution in [0.1, 0.15) is 35.4 Å². The molecule has 0 unspecified atom stereocenters. The molecule has 3 N–H and O–H groups in total. The average molecular weight is 268 g/mol. The normalized spacial score (nSPS) is 17.7. The van der Waals surface area contributed by atoms with E-state index in [0.717, 1.165) is 30.6 Å². The molecule has 2 rings (SSSR count). The van der Waals surface area contributed by atoms with Gasteiger partial charge in [-0.3, -0.25) is 0 Å². The zero-order valence-corrected chi connectivity index (χ0v) is 11.5. The Labute approximate surface area is 111 Å². The Hall–Kier alpha value is -1.07. The molecule has 1 saturated carbocycles. The van der Waals surface area contributed by atoms with Crippen LogP contribution in [0.15, 0.2) is 12.1 Å². The van der Waals surface area contributed by atoms with Crippen LogP contribution in [-0.4, -0.2) is 23.3 Å². The van der Waals surface area contributed by atoms with E-state index < -0.39 is 5.60 Å². The second-order valence-electron chi connectivity index (χ2n) is 4.98. The molecule has 1 aliphatic rings. The standard InChI is InChI=1S/C13H20N2O2S/c1-10-4-5-11(18-10)8-14-12(16)15-9-13(17)6-2-3-7-13/h4-5,17H,2-3,6-9H2,1H3,(H2,14,15,16). The maximum absolute atomic E-state index is 11.6. The van der Waals surface area contributed by atoms with Crippen LogP contribution in [0.4, 0.5) is 4.79 Å². The van der Waals surface area contributed by atoms with E-state index in [1.54, 1.807) is 11.3 Å². The molecule has 1 aromatic heterocycles. The molecule has 100 valence electrons. The first kappa shape index (κ1) is 13.4. The minimum absolute atomic E-state index is 0.207. The first-order valence-corrected chi connectivity index (χ1v) is 7.18. The molecule has 0 radical (unpaired) electrons. The van der Waals surface area contributed by atoms with Crippen LogP contribution >= 0.6 is 11.3 Å². The molecular formula is C13H20N2O2S. The van der Waals surface area contributed by atoms with Gasteiger partial charge in [0.15, 0.2) is 0 Å². The summed E-state index contributed by atoms with van der Waals surface area (Å²) in [5, 5.41) is 15.6. The lowest BCUT2D eigenvalue weighted by atomic mass is 10.0. The molecule has 0 aliphatic heterocycles. The summed E-state index contributed by atoms with van der Waals surface area (Å²) in [6.07, 6.45) is 3.68. The van der Waals surface area contributed by atoms with Gasteiger partial charge in [0.1, 0.15) is 0 Å². The van der Waals surface area contributed by atoms with E-state index in [2.05, 4.69) is 10.6 Å². The average Bonchev–Trinajstić information content (AvgIpc) is 2.94. The van der Waals surface area contributed by atoms with Crippen LogP contribution in [0.3, 0.4) is 0 Å². The number of thiophene rings is 1. The molecule has 0 aromatic carbocycles. The van der Waals surface area contributed by atoms with Crippen LogP contribution in [-0.2, 0) is 6.54 Å². The summed E-state index contributed by atoms with van der Waals surface area (Å²) in [5.41, 5.74) is -0.684. The Morgan fingerprint density at radius 3 is 2.72 bits per heavy atom. The Morgan fingerprint density at radius 2 is 2.11 bits per heavy atom. The highest BCUT2D eigenvalue weighted by Gasteiger charge is 2.31. The fourth-order valence-electron chi connectivity index (χ4n) is 2.26. The van der Waals surface area contributed by atoms with E-state index in [1.165, 1.54) is 4.88 Å². The Balaban J connectivity index is 1.69. The van der Waals surface area contributed by atoms with Crippen molar-refractivity contribution in [3.8, 4) is 0 Å². The van der Waals surface area contributed by atoms with Crippen molar-refractivity contribution in [1.29, 1.82) is 0 Å². The first-order valence-electron chi connectivity index (χ1n) is 6.37. The van der Waals surface area contributed by atoms with Gasteiger partial charge in [0, 0.05) is 16.3 Å². The number of rotatable bonds is 4. The molecule has 1 aliphatic carbocycles. The zero-order chi connectivity index (χ0) is 13.0. The number of nitrogens with one attached hydrogen (secondary N) is 2. The Bertz CT molecular complexity index is 411. The van der Waals surface area contributed by atoms with Gasteiger partial charge in [0.2, 0.25) is 0 Å². The van der Waals surface area contributed by atoms with E-state index in [9.17, 15) is 9.90 Å². The van der Waals surface area contributed by atoms with Gasteiger partial charge >= 0.3 is 6.03 Å². The van der Waals surface area contributed by atoms with Gasteiger partial charge in [-0.1, -0.05) is 12.8 Å². The third-order valence-electron chi connectivity index (χ3n) is 3.33. The molecule has 4 nitrogen and oxygen atoms in total. The van der Waals surface area contributed by atoms with E-state index in [-0.39, 0.29) is 6.03 Å². The van der Waals surface area contributed by atoms with E-state index in [4.69, 9.17) is 0 Å². The van der Waals surface area contributed by atoms with Crippen molar-refractivity contribution >= 4 is 17.4 Å². The van der Waals surface area contributed by atoms with Gasteiger partial charge in [-0.2, -0.15) is 0 Å². The van der Waals surface area contributed by atoms with Gasteiger partial charge in [-0.15, -0.1) is 11.3 Å². The van der Waals surface area contributed by atoms with Crippen molar-refractivity contribution in [2.24, 2.45) is 0 Å². The number of hydrogen-bond donors (Lipinski definition) is 3. The quantitative estimate of drug-likeness (QED) is 0.783. The summed E-state index contributed by atoms with van der Waals surface area (Å²) >= 11 is 1.68. The third kappa shape index (κ3) is 3.71. The molecule has 0 atom stereocenters. The summed E-state index contributed by atoms with van der Waals surface area (Å²) in [6.45, 7) is 2.94. The second kappa shape index (κ2) is 5.71. The van der Waals surface area contributed by atoms with Crippen LogP contribution in [0.25, 0.3) is 0 Å². The minimum atomic E-state index is -0.684. The van der Waals surface area contributed by atoms with Gasteiger partial charge < -0.3 is 15.7 Å². The molecule has 1 heterocycles. The van der Waals surface area contributed by atoms with Crippen molar-refractivity contribution in [3.63, 3.8) is 0 Å². The van der Waals surface area contributed by atoms with Gasteiger partial charge in [0.25, 0.3) is 0 Å². The van der Waals surface area contributed by atoms with Crippen molar-refractivity contribution in [3.05, 3.63) is 21.9 Å². The predicted molar refractivity (Wildman–Crippen MR) is 72.7 cm³/mol. The highest BCUT2D eigenvalue weighted by atomic mass is 32.1. The molecule has 1 fully saturated rings. The van der Waals surface area contributed by atoms with Crippen LogP contribution < -0.4 is 10.6 Å². The molecular weight excluding hydrogens is 248 g/mol. The fourth-order valence-corrected chi connectivity index (χ4v) is 3.09. The number of aliphatic hydroxyl groups is 1. The largest absolute Gasteiger partial charge is 0.388 e.